The summed E-state index contributed by atoms with van der Waals surface area (Å²) < 4.78 is 46.5. The number of hydrogen-bond acceptors (Lipinski definition) is 4. The summed E-state index contributed by atoms with van der Waals surface area (Å²) in [4.78, 5) is 27.1. The lowest BCUT2D eigenvalue weighted by molar-refractivity contribution is -0.160. The molecule has 0 saturated carbocycles. The Kier molecular flexibility index (Phi) is 8.02. The molecule has 2 aromatic carbocycles. The van der Waals surface area contributed by atoms with Crippen LogP contribution in [0.1, 0.15) is 46.1 Å². The Morgan fingerprint density at radius 1 is 1.18 bits per heavy atom. The molecule has 1 aliphatic heterocycles. The molecule has 11 heteroatoms. The van der Waals surface area contributed by atoms with Gasteiger partial charge in [-0.1, -0.05) is 30.1 Å². The predicted octanol–water partition coefficient (Wildman–Crippen LogP) is 5.99. The largest absolute Gasteiger partial charge is 0.438 e. The van der Waals surface area contributed by atoms with Crippen LogP contribution >= 0.6 is 23.2 Å². The number of amides is 1. The number of ether oxygens (including phenoxy) is 1. The molecular formula is C27H27Cl2F3N2O4. The van der Waals surface area contributed by atoms with Crippen molar-refractivity contribution in [3.63, 3.8) is 0 Å². The van der Waals surface area contributed by atoms with E-state index >= 15 is 0 Å². The van der Waals surface area contributed by atoms with Crippen LogP contribution in [0.15, 0.2) is 30.3 Å². The smallest absolute Gasteiger partial charge is 0.416 e. The zero-order chi connectivity index (χ0) is 27.9. The van der Waals surface area contributed by atoms with Crippen molar-refractivity contribution in [3.05, 3.63) is 68.3 Å². The average molecular weight is 571 g/mol. The summed E-state index contributed by atoms with van der Waals surface area (Å²) in [6.45, 7) is 3.40. The Labute approximate surface area is 227 Å². The number of fused-ring (bicyclic) bond motifs is 1. The third-order valence-corrected chi connectivity index (χ3v) is 8.06. The van der Waals surface area contributed by atoms with E-state index in [2.05, 4.69) is 0 Å². The average Bonchev–Trinajstić information content (AvgIpc) is 3.16. The molecule has 0 unspecified atom stereocenters. The van der Waals surface area contributed by atoms with Crippen molar-refractivity contribution in [1.29, 1.82) is 0 Å². The Morgan fingerprint density at radius 2 is 1.89 bits per heavy atom. The number of hydrogen-bond donors (Lipinski definition) is 1. The Balaban J connectivity index is 1.62. The summed E-state index contributed by atoms with van der Waals surface area (Å²) in [5.74, 6) is -1.41. The van der Waals surface area contributed by atoms with Crippen LogP contribution in [0.3, 0.4) is 0 Å². The molecule has 1 N–H and O–H groups in total. The van der Waals surface area contributed by atoms with E-state index in [1.807, 2.05) is 13.0 Å². The number of aliphatic hydroxyl groups excluding tert-OH is 1. The van der Waals surface area contributed by atoms with Crippen LogP contribution in [0.5, 0.6) is 0 Å². The fourth-order valence-corrected chi connectivity index (χ4v) is 5.71. The number of aliphatic hydroxyl groups is 1. The number of likely N-dealkylation sites (tertiary alicyclic amines) is 1. The van der Waals surface area contributed by atoms with Gasteiger partial charge in [0.2, 0.25) is 0 Å². The Hall–Kier alpha value is -2.75. The minimum absolute atomic E-state index is 0.176. The van der Waals surface area contributed by atoms with Gasteiger partial charge in [0.05, 0.1) is 22.1 Å². The predicted molar refractivity (Wildman–Crippen MR) is 138 cm³/mol. The highest BCUT2D eigenvalue weighted by atomic mass is 35.5. The first-order valence-electron chi connectivity index (χ1n) is 12.0. The topological polar surface area (TPSA) is 71.8 Å². The summed E-state index contributed by atoms with van der Waals surface area (Å²) in [7, 11) is 1.68. The second-order valence-corrected chi connectivity index (χ2v) is 10.5. The highest BCUT2D eigenvalue weighted by Gasteiger charge is 2.35. The molecule has 1 aliphatic rings. The van der Waals surface area contributed by atoms with Gasteiger partial charge in [0.1, 0.15) is 0 Å². The molecule has 1 aromatic heterocycles. The van der Waals surface area contributed by atoms with E-state index in [1.54, 1.807) is 35.6 Å². The van der Waals surface area contributed by atoms with Gasteiger partial charge >= 0.3 is 12.1 Å². The van der Waals surface area contributed by atoms with Crippen LogP contribution in [0, 0.1) is 18.8 Å². The number of piperidine rings is 1. The molecular weight excluding hydrogens is 544 g/mol. The molecule has 2 atom stereocenters. The van der Waals surface area contributed by atoms with Crippen molar-refractivity contribution < 1.29 is 32.6 Å². The zero-order valence-corrected chi connectivity index (χ0v) is 22.5. The lowest BCUT2D eigenvalue weighted by atomic mass is 9.86. The van der Waals surface area contributed by atoms with Gasteiger partial charge in [-0.25, -0.2) is 0 Å². The molecule has 38 heavy (non-hydrogen) atoms. The molecule has 0 aliphatic carbocycles. The second kappa shape index (κ2) is 10.8. The van der Waals surface area contributed by atoms with Crippen molar-refractivity contribution >= 4 is 46.0 Å². The lowest BCUT2D eigenvalue weighted by Crippen LogP contribution is -2.45. The SMILES string of the molecule is Cc1cc(C(F)(F)F)cc2c1cc(Cc1c(Cl)ccc(C(=O)N3CC[C@H](C(=O)OCO)[C@@H](C)C3)c1Cl)n2C. The van der Waals surface area contributed by atoms with Crippen molar-refractivity contribution in [2.24, 2.45) is 18.9 Å². The molecule has 1 saturated heterocycles. The summed E-state index contributed by atoms with van der Waals surface area (Å²) in [5, 5.41) is 10.1. The summed E-state index contributed by atoms with van der Waals surface area (Å²) in [5.41, 5.74) is 1.65. The molecule has 1 amide bonds. The van der Waals surface area contributed by atoms with E-state index in [4.69, 9.17) is 33.0 Å². The van der Waals surface area contributed by atoms with E-state index in [9.17, 15) is 22.8 Å². The first-order chi connectivity index (χ1) is 17.8. The standard InChI is InChI=1S/C27H27Cl2F3N2O4/c1-14-8-16(27(30,31)32)9-23-20(14)10-17(33(23)3)11-21-22(28)5-4-19(24(21)29)25(36)34-7-6-18(15(2)12-34)26(37)38-13-35/h4-5,8-10,15,18,35H,6-7,11-13H2,1-3H3/t15-,18-/m0/s1. The fraction of sp³-hybridized carbons (Fsp3) is 0.407. The third-order valence-electron chi connectivity index (χ3n) is 7.27. The number of esters is 1. The molecule has 0 radical (unpaired) electrons. The number of carbonyl (C=O) groups excluding carboxylic acids is 2. The van der Waals surface area contributed by atoms with Crippen LogP contribution in [0.25, 0.3) is 10.9 Å². The minimum atomic E-state index is -4.46. The number of nitrogens with zero attached hydrogens (tertiary/aromatic N) is 2. The van der Waals surface area contributed by atoms with Gasteiger partial charge in [0.15, 0.2) is 6.79 Å². The molecule has 3 aromatic rings. The number of rotatable bonds is 5. The van der Waals surface area contributed by atoms with Crippen LogP contribution < -0.4 is 0 Å². The summed E-state index contributed by atoms with van der Waals surface area (Å²) >= 11 is 13.2. The number of benzene rings is 2. The van der Waals surface area contributed by atoms with Gasteiger partial charge in [-0.3, -0.25) is 9.59 Å². The maximum absolute atomic E-state index is 13.4. The van der Waals surface area contributed by atoms with Gasteiger partial charge in [-0.05, 0) is 60.7 Å². The molecule has 6 nitrogen and oxygen atoms in total. The van der Waals surface area contributed by atoms with Gasteiger partial charge < -0.3 is 19.3 Å². The fourth-order valence-electron chi connectivity index (χ4n) is 5.12. The van der Waals surface area contributed by atoms with Crippen LogP contribution in [0.2, 0.25) is 10.0 Å². The monoisotopic (exact) mass is 570 g/mol. The van der Waals surface area contributed by atoms with Gasteiger partial charge in [0, 0.05) is 48.2 Å². The number of halogens is 5. The molecule has 204 valence electrons. The van der Waals surface area contributed by atoms with E-state index in [1.165, 1.54) is 0 Å². The maximum atomic E-state index is 13.4. The van der Waals surface area contributed by atoms with E-state index < -0.39 is 30.4 Å². The van der Waals surface area contributed by atoms with Crippen molar-refractivity contribution in [1.82, 2.24) is 9.47 Å². The Bertz CT molecular complexity index is 1400. The molecule has 1 fully saturated rings. The zero-order valence-electron chi connectivity index (χ0n) is 21.0. The van der Waals surface area contributed by atoms with E-state index in [0.29, 0.717) is 52.3 Å². The van der Waals surface area contributed by atoms with Crippen molar-refractivity contribution in [3.8, 4) is 0 Å². The first kappa shape index (κ1) is 28.3. The van der Waals surface area contributed by atoms with E-state index in [-0.39, 0.29) is 28.8 Å². The summed E-state index contributed by atoms with van der Waals surface area (Å²) in [6.07, 6.45) is -3.87. The van der Waals surface area contributed by atoms with Crippen LogP contribution in [0.4, 0.5) is 13.2 Å². The number of aryl methyl sites for hydroxylation is 2. The van der Waals surface area contributed by atoms with Gasteiger partial charge in [0.25, 0.3) is 5.91 Å². The number of alkyl halides is 3. The normalized spacial score (nSPS) is 18.2. The van der Waals surface area contributed by atoms with Gasteiger partial charge in [-0.15, -0.1) is 0 Å². The quantitative estimate of drug-likeness (QED) is 0.302. The van der Waals surface area contributed by atoms with Crippen molar-refractivity contribution in [2.75, 3.05) is 19.9 Å². The second-order valence-electron chi connectivity index (χ2n) is 9.70. The minimum Gasteiger partial charge on any atom is -0.438 e. The third kappa shape index (κ3) is 5.37. The molecule has 4 rings (SSSR count). The maximum Gasteiger partial charge on any atom is 0.416 e. The summed E-state index contributed by atoms with van der Waals surface area (Å²) in [6, 6.07) is 7.19. The number of carbonyl (C=O) groups is 2. The molecule has 0 bridgehead atoms. The van der Waals surface area contributed by atoms with Crippen molar-refractivity contribution in [2.45, 2.75) is 32.9 Å². The first-order valence-corrected chi connectivity index (χ1v) is 12.8. The van der Waals surface area contributed by atoms with Crippen LogP contribution in [-0.2, 0) is 29.2 Å². The lowest BCUT2D eigenvalue weighted by Gasteiger charge is -2.35. The highest BCUT2D eigenvalue weighted by molar-refractivity contribution is 6.38. The van der Waals surface area contributed by atoms with E-state index in [0.717, 1.165) is 12.1 Å². The van der Waals surface area contributed by atoms with Crippen LogP contribution in [-0.4, -0.2) is 46.3 Å². The molecule has 2 heterocycles. The Morgan fingerprint density at radius 3 is 2.53 bits per heavy atom. The molecule has 0 spiro atoms. The highest BCUT2D eigenvalue weighted by Crippen LogP contribution is 2.37. The van der Waals surface area contributed by atoms with Gasteiger partial charge in [-0.2, -0.15) is 13.2 Å². The number of aromatic nitrogens is 1.